The Hall–Kier alpha value is -1.76. The monoisotopic (exact) mass is 347 g/mol. The number of aromatic nitrogens is 1. The van der Waals surface area contributed by atoms with Crippen molar-refractivity contribution in [3.05, 3.63) is 51.5 Å². The maximum absolute atomic E-state index is 12.9. The van der Waals surface area contributed by atoms with Gasteiger partial charge in [-0.2, -0.15) is 0 Å². The molecule has 1 aromatic carbocycles. The predicted molar refractivity (Wildman–Crippen MR) is 97.4 cm³/mol. The summed E-state index contributed by atoms with van der Waals surface area (Å²) in [6.45, 7) is 5.43. The summed E-state index contributed by atoms with van der Waals surface area (Å²) >= 11 is 1.41. The first-order chi connectivity index (χ1) is 11.6. The van der Waals surface area contributed by atoms with Gasteiger partial charge in [0.15, 0.2) is 0 Å². The number of hydrogen-bond acceptors (Lipinski definition) is 5. The van der Waals surface area contributed by atoms with Crippen molar-refractivity contribution >= 4 is 17.2 Å². The van der Waals surface area contributed by atoms with Crippen molar-refractivity contribution in [3.63, 3.8) is 0 Å². The van der Waals surface area contributed by atoms with Gasteiger partial charge in [-0.1, -0.05) is 30.3 Å². The minimum Gasteiger partial charge on any atom is -0.375 e. The first kappa shape index (κ1) is 18.6. The van der Waals surface area contributed by atoms with E-state index in [1.165, 1.54) is 16.9 Å². The van der Waals surface area contributed by atoms with Gasteiger partial charge in [0.05, 0.1) is 5.69 Å². The molecule has 130 valence electrons. The van der Waals surface area contributed by atoms with Crippen LogP contribution >= 0.6 is 11.3 Å². The van der Waals surface area contributed by atoms with Crippen molar-refractivity contribution in [3.8, 4) is 0 Å². The normalized spacial score (nSPS) is 12.2. The smallest absolute Gasteiger partial charge is 0.265 e. The van der Waals surface area contributed by atoms with Crippen LogP contribution in [0.25, 0.3) is 0 Å². The van der Waals surface area contributed by atoms with E-state index in [1.807, 2.05) is 36.9 Å². The molecule has 0 aliphatic rings. The zero-order chi connectivity index (χ0) is 17.5. The molecule has 6 heteroatoms. The fourth-order valence-corrected chi connectivity index (χ4v) is 3.48. The van der Waals surface area contributed by atoms with E-state index < -0.39 is 0 Å². The topological polar surface area (TPSA) is 68.5 Å². The van der Waals surface area contributed by atoms with Gasteiger partial charge in [-0.25, -0.2) is 4.98 Å². The Morgan fingerprint density at radius 3 is 2.67 bits per heavy atom. The van der Waals surface area contributed by atoms with Crippen LogP contribution in [-0.4, -0.2) is 42.5 Å². The number of amides is 1. The molecule has 0 saturated carbocycles. The number of rotatable bonds is 8. The van der Waals surface area contributed by atoms with Crippen LogP contribution in [0.3, 0.4) is 0 Å². The van der Waals surface area contributed by atoms with E-state index in [9.17, 15) is 4.79 Å². The van der Waals surface area contributed by atoms with Crippen LogP contribution in [0.1, 0.15) is 39.0 Å². The third kappa shape index (κ3) is 4.63. The highest BCUT2D eigenvalue weighted by Crippen LogP contribution is 2.26. The van der Waals surface area contributed by atoms with Crippen LogP contribution in [0, 0.1) is 6.92 Å². The van der Waals surface area contributed by atoms with E-state index in [2.05, 4.69) is 17.1 Å². The average Bonchev–Trinajstić information content (AvgIpc) is 3.00. The molecule has 1 aromatic heterocycles. The Bertz CT molecular complexity index is 658. The van der Waals surface area contributed by atoms with E-state index in [0.717, 1.165) is 17.1 Å². The second-order valence-corrected chi connectivity index (χ2v) is 6.69. The van der Waals surface area contributed by atoms with Gasteiger partial charge in [0.1, 0.15) is 16.0 Å². The predicted octanol–water partition coefficient (Wildman–Crippen LogP) is 2.80. The SMILES string of the molecule is COC(C)c1nc(C)c(C(=O)N(CCN)CCc2ccccc2)s1. The van der Waals surface area contributed by atoms with Crippen molar-refractivity contribution in [1.29, 1.82) is 0 Å². The lowest BCUT2D eigenvalue weighted by Crippen LogP contribution is -2.36. The molecular weight excluding hydrogens is 322 g/mol. The largest absolute Gasteiger partial charge is 0.375 e. The first-order valence-corrected chi connectivity index (χ1v) is 8.91. The maximum Gasteiger partial charge on any atom is 0.265 e. The van der Waals surface area contributed by atoms with Gasteiger partial charge < -0.3 is 15.4 Å². The Kier molecular flexibility index (Phi) is 6.90. The zero-order valence-electron chi connectivity index (χ0n) is 14.5. The fourth-order valence-electron chi connectivity index (χ4n) is 2.41. The number of benzene rings is 1. The second-order valence-electron chi connectivity index (χ2n) is 5.66. The van der Waals surface area contributed by atoms with Gasteiger partial charge in [-0.3, -0.25) is 4.79 Å². The highest BCUT2D eigenvalue weighted by atomic mass is 32.1. The fraction of sp³-hybridized carbons (Fsp3) is 0.444. The second kappa shape index (κ2) is 8.92. The number of thiazole rings is 1. The lowest BCUT2D eigenvalue weighted by atomic mass is 10.1. The molecule has 24 heavy (non-hydrogen) atoms. The number of methoxy groups -OCH3 is 1. The Morgan fingerprint density at radius 2 is 2.04 bits per heavy atom. The molecule has 0 aliphatic heterocycles. The number of carbonyl (C=O) groups excluding carboxylic acids is 1. The van der Waals surface area contributed by atoms with E-state index in [-0.39, 0.29) is 12.0 Å². The van der Waals surface area contributed by atoms with Crippen LogP contribution in [-0.2, 0) is 11.2 Å². The molecule has 0 saturated heterocycles. The molecule has 5 nitrogen and oxygen atoms in total. The van der Waals surface area contributed by atoms with Gasteiger partial charge in [0.2, 0.25) is 0 Å². The minimum absolute atomic E-state index is 0.000865. The van der Waals surface area contributed by atoms with Crippen LogP contribution < -0.4 is 5.73 Å². The van der Waals surface area contributed by atoms with Gasteiger partial charge in [-0.05, 0) is 25.8 Å². The zero-order valence-corrected chi connectivity index (χ0v) is 15.3. The van der Waals surface area contributed by atoms with E-state index in [4.69, 9.17) is 10.5 Å². The number of nitrogens with two attached hydrogens (primary N) is 1. The molecule has 2 N–H and O–H groups in total. The summed E-state index contributed by atoms with van der Waals surface area (Å²) in [7, 11) is 1.64. The highest BCUT2D eigenvalue weighted by Gasteiger charge is 2.22. The maximum atomic E-state index is 12.9. The average molecular weight is 347 g/mol. The molecule has 2 rings (SSSR count). The van der Waals surface area contributed by atoms with Crippen molar-refractivity contribution in [2.45, 2.75) is 26.4 Å². The Labute approximate surface area is 147 Å². The Morgan fingerprint density at radius 1 is 1.33 bits per heavy atom. The van der Waals surface area contributed by atoms with Crippen LogP contribution in [0.4, 0.5) is 0 Å². The van der Waals surface area contributed by atoms with Gasteiger partial charge in [0, 0.05) is 26.7 Å². The van der Waals surface area contributed by atoms with Crippen LogP contribution in [0.2, 0.25) is 0 Å². The van der Waals surface area contributed by atoms with E-state index >= 15 is 0 Å². The summed E-state index contributed by atoms with van der Waals surface area (Å²) < 4.78 is 5.30. The number of hydrogen-bond donors (Lipinski definition) is 1. The van der Waals surface area contributed by atoms with Crippen LogP contribution in [0.5, 0.6) is 0 Å². The lowest BCUT2D eigenvalue weighted by molar-refractivity contribution is 0.0766. The summed E-state index contributed by atoms with van der Waals surface area (Å²) in [6, 6.07) is 10.2. The molecule has 0 bridgehead atoms. The summed E-state index contributed by atoms with van der Waals surface area (Å²) in [5.41, 5.74) is 7.67. The minimum atomic E-state index is -0.109. The number of ether oxygens (including phenoxy) is 1. The van der Waals surface area contributed by atoms with Gasteiger partial charge in [0.25, 0.3) is 5.91 Å². The van der Waals surface area contributed by atoms with E-state index in [1.54, 1.807) is 7.11 Å². The highest BCUT2D eigenvalue weighted by molar-refractivity contribution is 7.13. The van der Waals surface area contributed by atoms with Gasteiger partial charge >= 0.3 is 0 Å². The molecule has 0 radical (unpaired) electrons. The van der Waals surface area contributed by atoms with Crippen molar-refractivity contribution in [1.82, 2.24) is 9.88 Å². The first-order valence-electron chi connectivity index (χ1n) is 8.10. The third-order valence-electron chi connectivity index (χ3n) is 3.91. The molecule has 0 aliphatic carbocycles. The summed E-state index contributed by atoms with van der Waals surface area (Å²) in [6.07, 6.45) is 0.703. The molecule has 0 spiro atoms. The summed E-state index contributed by atoms with van der Waals surface area (Å²) in [5.74, 6) is 0.000865. The van der Waals surface area contributed by atoms with Crippen molar-refractivity contribution in [2.24, 2.45) is 5.73 Å². The molecular formula is C18H25N3O2S. The molecule has 1 unspecified atom stereocenters. The Balaban J connectivity index is 2.12. The number of nitrogens with zero attached hydrogens (tertiary/aromatic N) is 2. The van der Waals surface area contributed by atoms with Gasteiger partial charge in [-0.15, -0.1) is 11.3 Å². The lowest BCUT2D eigenvalue weighted by Gasteiger charge is -2.21. The number of carbonyl (C=O) groups is 1. The summed E-state index contributed by atoms with van der Waals surface area (Å²) in [5, 5.41) is 0.828. The number of aryl methyl sites for hydroxylation is 1. The van der Waals surface area contributed by atoms with Crippen molar-refractivity contribution in [2.75, 3.05) is 26.7 Å². The standard InChI is InChI=1S/C18H25N3O2S/c1-13-16(24-17(20-13)14(2)23-3)18(22)21(12-10-19)11-9-15-7-5-4-6-8-15/h4-8,14H,9-12,19H2,1-3H3. The quantitative estimate of drug-likeness (QED) is 0.797. The molecule has 1 atom stereocenters. The van der Waals surface area contributed by atoms with Crippen LogP contribution in [0.15, 0.2) is 30.3 Å². The van der Waals surface area contributed by atoms with E-state index in [0.29, 0.717) is 24.5 Å². The molecule has 1 amide bonds. The van der Waals surface area contributed by atoms with Crippen molar-refractivity contribution < 1.29 is 9.53 Å². The summed E-state index contributed by atoms with van der Waals surface area (Å²) in [4.78, 5) is 19.9. The third-order valence-corrected chi connectivity index (χ3v) is 5.21. The molecule has 0 fully saturated rings. The molecule has 1 heterocycles. The molecule has 2 aromatic rings.